The van der Waals surface area contributed by atoms with Crippen molar-refractivity contribution in [2.24, 2.45) is 11.7 Å². The summed E-state index contributed by atoms with van der Waals surface area (Å²) in [5.41, 5.74) is 5.68. The van der Waals surface area contributed by atoms with Gasteiger partial charge in [-0.15, -0.1) is 0 Å². The quantitative estimate of drug-likeness (QED) is 0.922. The summed E-state index contributed by atoms with van der Waals surface area (Å²) in [6.07, 6.45) is 1.76. The topological polar surface area (TPSA) is 63.4 Å². The number of hydrogen-bond donors (Lipinski definition) is 1. The van der Waals surface area contributed by atoms with Crippen molar-refractivity contribution in [3.63, 3.8) is 0 Å². The summed E-state index contributed by atoms with van der Waals surface area (Å²) in [5.74, 6) is 0.193. The SMILES string of the molecule is CC1CCC(CN)CN1S(=O)(=O)c1cccc(Cl)c1Cl. The van der Waals surface area contributed by atoms with Crippen LogP contribution in [0.25, 0.3) is 0 Å². The van der Waals surface area contributed by atoms with Crippen LogP contribution < -0.4 is 5.73 Å². The van der Waals surface area contributed by atoms with Crippen molar-refractivity contribution in [2.45, 2.75) is 30.7 Å². The van der Waals surface area contributed by atoms with E-state index in [-0.39, 0.29) is 26.9 Å². The van der Waals surface area contributed by atoms with E-state index in [1.807, 2.05) is 6.92 Å². The standard InChI is InChI=1S/C13H18Cl2N2O2S/c1-9-5-6-10(7-16)8-17(9)20(18,19)12-4-2-3-11(14)13(12)15/h2-4,9-10H,5-8,16H2,1H3. The van der Waals surface area contributed by atoms with E-state index in [0.717, 1.165) is 12.8 Å². The first kappa shape index (κ1) is 16.0. The van der Waals surface area contributed by atoms with Gasteiger partial charge in [-0.2, -0.15) is 4.31 Å². The normalized spacial score (nSPS) is 24.8. The molecule has 0 aliphatic carbocycles. The smallest absolute Gasteiger partial charge is 0.244 e. The Kier molecular flexibility index (Phi) is 4.97. The van der Waals surface area contributed by atoms with E-state index >= 15 is 0 Å². The van der Waals surface area contributed by atoms with Crippen LogP contribution in [0.2, 0.25) is 10.0 Å². The van der Waals surface area contributed by atoms with Crippen LogP contribution in [0, 0.1) is 5.92 Å². The third kappa shape index (κ3) is 2.97. The lowest BCUT2D eigenvalue weighted by atomic mass is 9.96. The molecule has 20 heavy (non-hydrogen) atoms. The van der Waals surface area contributed by atoms with Gasteiger partial charge in [0.25, 0.3) is 0 Å². The predicted molar refractivity (Wildman–Crippen MR) is 81.6 cm³/mol. The highest BCUT2D eigenvalue weighted by molar-refractivity contribution is 7.89. The highest BCUT2D eigenvalue weighted by Crippen LogP contribution is 2.34. The van der Waals surface area contributed by atoms with E-state index < -0.39 is 10.0 Å². The summed E-state index contributed by atoms with van der Waals surface area (Å²) in [4.78, 5) is 0.0659. The molecule has 2 unspecified atom stereocenters. The molecule has 0 bridgehead atoms. The summed E-state index contributed by atoms with van der Waals surface area (Å²) < 4.78 is 27.0. The van der Waals surface area contributed by atoms with Crippen LogP contribution in [-0.4, -0.2) is 31.9 Å². The van der Waals surface area contributed by atoms with Gasteiger partial charge in [0.05, 0.1) is 10.0 Å². The Balaban J connectivity index is 2.40. The molecule has 0 saturated carbocycles. The molecule has 1 aromatic rings. The maximum atomic E-state index is 12.8. The summed E-state index contributed by atoms with van der Waals surface area (Å²) in [6.45, 7) is 2.83. The van der Waals surface area contributed by atoms with Crippen molar-refractivity contribution in [1.29, 1.82) is 0 Å². The van der Waals surface area contributed by atoms with E-state index in [0.29, 0.717) is 13.1 Å². The second-order valence-electron chi connectivity index (χ2n) is 5.15. The van der Waals surface area contributed by atoms with E-state index in [9.17, 15) is 8.42 Å². The van der Waals surface area contributed by atoms with Crippen LogP contribution >= 0.6 is 23.2 Å². The average molecular weight is 337 g/mol. The van der Waals surface area contributed by atoms with Gasteiger partial charge in [-0.3, -0.25) is 0 Å². The lowest BCUT2D eigenvalue weighted by molar-refractivity contribution is 0.211. The second-order valence-corrected chi connectivity index (χ2v) is 7.80. The van der Waals surface area contributed by atoms with Gasteiger partial charge in [0.15, 0.2) is 0 Å². The Hall–Kier alpha value is -0.330. The van der Waals surface area contributed by atoms with Gasteiger partial charge in [-0.25, -0.2) is 8.42 Å². The molecule has 1 heterocycles. The van der Waals surface area contributed by atoms with Gasteiger partial charge in [-0.1, -0.05) is 29.3 Å². The Labute approximate surface area is 129 Å². The van der Waals surface area contributed by atoms with Crippen LogP contribution in [0.3, 0.4) is 0 Å². The number of halogens is 2. The molecular formula is C13H18Cl2N2O2S. The minimum absolute atomic E-state index is 0.0575. The van der Waals surface area contributed by atoms with E-state index in [1.54, 1.807) is 12.1 Å². The highest BCUT2D eigenvalue weighted by atomic mass is 35.5. The van der Waals surface area contributed by atoms with Crippen LogP contribution in [0.1, 0.15) is 19.8 Å². The Morgan fingerprint density at radius 2 is 2.05 bits per heavy atom. The van der Waals surface area contributed by atoms with Gasteiger partial charge in [0, 0.05) is 12.6 Å². The fourth-order valence-electron chi connectivity index (χ4n) is 2.48. The van der Waals surface area contributed by atoms with Gasteiger partial charge >= 0.3 is 0 Å². The molecule has 0 spiro atoms. The molecule has 0 amide bonds. The first-order valence-electron chi connectivity index (χ1n) is 6.54. The minimum Gasteiger partial charge on any atom is -0.330 e. The van der Waals surface area contributed by atoms with Gasteiger partial charge in [0.2, 0.25) is 10.0 Å². The third-order valence-corrected chi connectivity index (χ3v) is 6.71. The molecule has 7 heteroatoms. The predicted octanol–water partition coefficient (Wildman–Crippen LogP) is 2.74. The summed E-state index contributed by atoms with van der Waals surface area (Å²) in [7, 11) is -3.65. The van der Waals surface area contributed by atoms with Crippen LogP contribution in [-0.2, 0) is 10.0 Å². The summed E-state index contributed by atoms with van der Waals surface area (Å²) >= 11 is 12.0. The number of benzene rings is 1. The maximum absolute atomic E-state index is 12.8. The summed E-state index contributed by atoms with van der Waals surface area (Å²) in [5, 5.41) is 0.323. The molecule has 2 N–H and O–H groups in total. The van der Waals surface area contributed by atoms with E-state index in [2.05, 4.69) is 0 Å². The number of rotatable bonds is 3. The van der Waals surface area contributed by atoms with Crippen molar-refractivity contribution in [1.82, 2.24) is 4.31 Å². The molecule has 0 radical (unpaired) electrons. The first-order chi connectivity index (χ1) is 9.37. The molecule has 4 nitrogen and oxygen atoms in total. The van der Waals surface area contributed by atoms with Crippen molar-refractivity contribution in [3.8, 4) is 0 Å². The Morgan fingerprint density at radius 1 is 1.35 bits per heavy atom. The maximum Gasteiger partial charge on any atom is 0.244 e. The monoisotopic (exact) mass is 336 g/mol. The second kappa shape index (κ2) is 6.20. The molecule has 1 fully saturated rings. The van der Waals surface area contributed by atoms with Crippen molar-refractivity contribution in [3.05, 3.63) is 28.2 Å². The van der Waals surface area contributed by atoms with Crippen molar-refractivity contribution in [2.75, 3.05) is 13.1 Å². The summed E-state index contributed by atoms with van der Waals surface area (Å²) in [6, 6.07) is 4.60. The van der Waals surface area contributed by atoms with Crippen molar-refractivity contribution < 1.29 is 8.42 Å². The lowest BCUT2D eigenvalue weighted by Crippen LogP contribution is -2.47. The van der Waals surface area contributed by atoms with E-state index in [1.165, 1.54) is 10.4 Å². The van der Waals surface area contributed by atoms with Crippen LogP contribution in [0.15, 0.2) is 23.1 Å². The largest absolute Gasteiger partial charge is 0.330 e. The number of nitrogens with two attached hydrogens (primary N) is 1. The minimum atomic E-state index is -3.65. The van der Waals surface area contributed by atoms with Crippen molar-refractivity contribution >= 4 is 33.2 Å². The van der Waals surface area contributed by atoms with E-state index in [4.69, 9.17) is 28.9 Å². The molecule has 1 aliphatic heterocycles. The highest BCUT2D eigenvalue weighted by Gasteiger charge is 2.35. The third-order valence-electron chi connectivity index (χ3n) is 3.76. The average Bonchev–Trinajstić information content (AvgIpc) is 2.42. The Morgan fingerprint density at radius 3 is 2.70 bits per heavy atom. The number of sulfonamides is 1. The molecule has 0 aromatic heterocycles. The molecule has 2 atom stereocenters. The number of piperidine rings is 1. The zero-order valence-electron chi connectivity index (χ0n) is 11.2. The lowest BCUT2D eigenvalue weighted by Gasteiger charge is -2.36. The van der Waals surface area contributed by atoms with Crippen LogP contribution in [0.5, 0.6) is 0 Å². The van der Waals surface area contributed by atoms with Gasteiger partial charge in [-0.05, 0) is 44.4 Å². The molecule has 2 rings (SSSR count). The molecular weight excluding hydrogens is 319 g/mol. The number of nitrogens with zero attached hydrogens (tertiary/aromatic N) is 1. The molecule has 112 valence electrons. The zero-order valence-corrected chi connectivity index (χ0v) is 13.5. The molecule has 1 saturated heterocycles. The fraction of sp³-hybridized carbons (Fsp3) is 0.538. The zero-order chi connectivity index (χ0) is 14.9. The van der Waals surface area contributed by atoms with Gasteiger partial charge < -0.3 is 5.73 Å². The molecule has 1 aliphatic rings. The number of hydrogen-bond acceptors (Lipinski definition) is 3. The Bertz CT molecular complexity index is 592. The fourth-order valence-corrected chi connectivity index (χ4v) is 4.96. The molecule has 1 aromatic carbocycles. The van der Waals surface area contributed by atoms with Crippen LogP contribution in [0.4, 0.5) is 0 Å². The first-order valence-corrected chi connectivity index (χ1v) is 8.73. The van der Waals surface area contributed by atoms with Gasteiger partial charge in [0.1, 0.15) is 4.90 Å².